The molecule has 2 aliphatic carbocycles. The van der Waals surface area contributed by atoms with E-state index in [9.17, 15) is 0 Å². The second-order valence-electron chi connectivity index (χ2n) is 13.0. The number of rotatable bonds is 4. The highest BCUT2D eigenvalue weighted by molar-refractivity contribution is 5.86. The SMILES string of the molecule is Nc1ccc(C2(c3ccc(N)cc3)CCCCC2)cc1.Nc1ccc(C2(c3ccc(N)cc3)c3ccccc3-c3ccccc32)cc1. The normalized spacial score (nSPS) is 15.5. The standard InChI is InChI=1S/C25H20N2.C18H22N2/c26-19-13-9-17(10-14-19)25(18-11-15-20(27)16-12-18)23-7-3-1-5-21(23)22-6-2-4-8-24(22)25;19-16-8-4-14(5-9-16)18(12-2-1-3-13-18)15-6-10-17(20)11-7-15/h1-16H,26-27H2;4-11H,1-3,12-13,19-20H2. The van der Waals surface area contributed by atoms with E-state index < -0.39 is 0 Å². The number of nitrogen functional groups attached to an aromatic ring is 4. The fraction of sp³-hybridized carbons (Fsp3) is 0.163. The van der Waals surface area contributed by atoms with Gasteiger partial charge < -0.3 is 22.9 Å². The van der Waals surface area contributed by atoms with Gasteiger partial charge >= 0.3 is 0 Å². The molecule has 0 amide bonds. The fourth-order valence-corrected chi connectivity index (χ4v) is 7.99. The number of fused-ring (bicyclic) bond motifs is 3. The number of anilines is 4. The molecular weight excluding hydrogens is 573 g/mol. The number of nitrogens with two attached hydrogens (primary N) is 4. The molecule has 8 N–H and O–H groups in total. The monoisotopic (exact) mass is 614 g/mol. The zero-order chi connectivity index (χ0) is 32.4. The van der Waals surface area contributed by atoms with E-state index in [0.29, 0.717) is 0 Å². The first-order chi connectivity index (χ1) is 22.9. The predicted octanol–water partition coefficient (Wildman–Crippen LogP) is 9.32. The lowest BCUT2D eigenvalue weighted by Gasteiger charge is -2.38. The van der Waals surface area contributed by atoms with E-state index in [1.54, 1.807) is 0 Å². The molecule has 1 saturated carbocycles. The molecule has 4 heteroatoms. The summed E-state index contributed by atoms with van der Waals surface area (Å²) >= 11 is 0. The summed E-state index contributed by atoms with van der Waals surface area (Å²) < 4.78 is 0. The van der Waals surface area contributed by atoms with Crippen molar-refractivity contribution in [1.29, 1.82) is 0 Å². The maximum absolute atomic E-state index is 6.00. The zero-order valence-electron chi connectivity index (χ0n) is 26.7. The van der Waals surface area contributed by atoms with E-state index >= 15 is 0 Å². The van der Waals surface area contributed by atoms with E-state index in [1.165, 1.54) is 76.6 Å². The third-order valence-corrected chi connectivity index (χ3v) is 10.3. The summed E-state index contributed by atoms with van der Waals surface area (Å²) in [5, 5.41) is 0. The van der Waals surface area contributed by atoms with E-state index in [1.807, 2.05) is 48.5 Å². The number of benzene rings is 6. The molecule has 8 rings (SSSR count). The van der Waals surface area contributed by atoms with Crippen molar-refractivity contribution in [2.24, 2.45) is 0 Å². The van der Waals surface area contributed by atoms with Gasteiger partial charge in [0, 0.05) is 28.2 Å². The van der Waals surface area contributed by atoms with E-state index in [2.05, 4.69) is 97.1 Å². The number of hydrogen-bond donors (Lipinski definition) is 4. The summed E-state index contributed by atoms with van der Waals surface area (Å²) in [5.74, 6) is 0. The minimum Gasteiger partial charge on any atom is -0.399 e. The molecule has 0 heterocycles. The molecule has 0 unspecified atom stereocenters. The summed E-state index contributed by atoms with van der Waals surface area (Å²) in [5.41, 5.74) is 37.0. The van der Waals surface area contributed by atoms with Gasteiger partial charge in [-0.3, -0.25) is 0 Å². The van der Waals surface area contributed by atoms with Gasteiger partial charge in [0.1, 0.15) is 0 Å². The quantitative estimate of drug-likeness (QED) is 0.148. The van der Waals surface area contributed by atoms with E-state index in [-0.39, 0.29) is 10.8 Å². The van der Waals surface area contributed by atoms with Gasteiger partial charge in [0.2, 0.25) is 0 Å². The molecule has 0 spiro atoms. The van der Waals surface area contributed by atoms with Crippen LogP contribution in [0.25, 0.3) is 11.1 Å². The summed E-state index contributed by atoms with van der Waals surface area (Å²) in [6.45, 7) is 0. The van der Waals surface area contributed by atoms with Crippen LogP contribution in [0, 0.1) is 0 Å². The molecule has 4 nitrogen and oxygen atoms in total. The summed E-state index contributed by atoms with van der Waals surface area (Å²) in [7, 11) is 0. The van der Waals surface area contributed by atoms with Crippen molar-refractivity contribution in [3.63, 3.8) is 0 Å². The van der Waals surface area contributed by atoms with Gasteiger partial charge in [-0.1, -0.05) is 116 Å². The Morgan fingerprint density at radius 3 is 1.02 bits per heavy atom. The van der Waals surface area contributed by atoms with Crippen LogP contribution in [0.4, 0.5) is 22.7 Å². The molecule has 0 atom stereocenters. The van der Waals surface area contributed by atoms with Crippen LogP contribution in [0.5, 0.6) is 0 Å². The van der Waals surface area contributed by atoms with Gasteiger partial charge in [0.15, 0.2) is 0 Å². The van der Waals surface area contributed by atoms with Gasteiger partial charge in [0.25, 0.3) is 0 Å². The average Bonchev–Trinajstić information content (AvgIpc) is 3.41. The summed E-state index contributed by atoms with van der Waals surface area (Å²) in [6, 6.07) is 50.7. The lowest BCUT2D eigenvalue weighted by atomic mass is 9.65. The van der Waals surface area contributed by atoms with Crippen LogP contribution in [-0.4, -0.2) is 0 Å². The Kier molecular flexibility index (Phi) is 7.95. The molecular formula is C43H42N4. The van der Waals surface area contributed by atoms with Crippen LogP contribution >= 0.6 is 0 Å². The fourth-order valence-electron chi connectivity index (χ4n) is 7.99. The topological polar surface area (TPSA) is 104 Å². The Hall–Kier alpha value is -5.48. The molecule has 0 saturated heterocycles. The van der Waals surface area contributed by atoms with Crippen LogP contribution in [0.1, 0.15) is 65.5 Å². The molecule has 6 aromatic rings. The minimum absolute atomic E-state index is 0.139. The Labute approximate surface area is 278 Å². The highest BCUT2D eigenvalue weighted by Gasteiger charge is 2.45. The molecule has 47 heavy (non-hydrogen) atoms. The van der Waals surface area contributed by atoms with Gasteiger partial charge in [0.05, 0.1) is 5.41 Å². The number of hydrogen-bond acceptors (Lipinski definition) is 4. The Morgan fingerprint density at radius 2 is 0.660 bits per heavy atom. The smallest absolute Gasteiger partial charge is 0.0713 e. The van der Waals surface area contributed by atoms with Crippen molar-refractivity contribution in [1.82, 2.24) is 0 Å². The Morgan fingerprint density at radius 1 is 0.340 bits per heavy atom. The highest BCUT2D eigenvalue weighted by Crippen LogP contribution is 2.56. The van der Waals surface area contributed by atoms with Crippen LogP contribution < -0.4 is 22.9 Å². The van der Waals surface area contributed by atoms with Crippen molar-refractivity contribution in [3.8, 4) is 11.1 Å². The second kappa shape index (κ2) is 12.4. The van der Waals surface area contributed by atoms with Crippen LogP contribution in [0.2, 0.25) is 0 Å². The first kappa shape index (κ1) is 30.2. The molecule has 2 aliphatic rings. The molecule has 1 fully saturated rings. The van der Waals surface area contributed by atoms with Crippen molar-refractivity contribution in [2.75, 3.05) is 22.9 Å². The van der Waals surface area contributed by atoms with Crippen molar-refractivity contribution < 1.29 is 0 Å². The van der Waals surface area contributed by atoms with E-state index in [4.69, 9.17) is 22.9 Å². The lowest BCUT2D eigenvalue weighted by Crippen LogP contribution is -2.30. The molecule has 6 aromatic carbocycles. The van der Waals surface area contributed by atoms with Gasteiger partial charge in [-0.2, -0.15) is 0 Å². The lowest BCUT2D eigenvalue weighted by molar-refractivity contribution is 0.346. The van der Waals surface area contributed by atoms with Gasteiger partial charge in [-0.05, 0) is 106 Å². The maximum Gasteiger partial charge on any atom is 0.0713 e. The minimum atomic E-state index is -0.380. The Bertz CT molecular complexity index is 1830. The summed E-state index contributed by atoms with van der Waals surface area (Å²) in [6.07, 6.45) is 6.33. The Balaban J connectivity index is 0.000000157. The van der Waals surface area contributed by atoms with Crippen molar-refractivity contribution in [3.05, 3.63) is 179 Å². The molecule has 0 radical (unpaired) electrons. The predicted molar refractivity (Wildman–Crippen MR) is 198 cm³/mol. The maximum atomic E-state index is 6.00. The van der Waals surface area contributed by atoms with Crippen LogP contribution in [-0.2, 0) is 10.8 Å². The third-order valence-electron chi connectivity index (χ3n) is 10.3. The summed E-state index contributed by atoms with van der Waals surface area (Å²) in [4.78, 5) is 0. The largest absolute Gasteiger partial charge is 0.399 e. The molecule has 234 valence electrons. The molecule has 0 bridgehead atoms. The van der Waals surface area contributed by atoms with E-state index in [0.717, 1.165) is 22.7 Å². The first-order valence-corrected chi connectivity index (χ1v) is 16.6. The van der Waals surface area contributed by atoms with Crippen molar-refractivity contribution in [2.45, 2.75) is 42.9 Å². The van der Waals surface area contributed by atoms with Crippen LogP contribution in [0.3, 0.4) is 0 Å². The first-order valence-electron chi connectivity index (χ1n) is 16.6. The van der Waals surface area contributed by atoms with Crippen molar-refractivity contribution >= 4 is 22.7 Å². The van der Waals surface area contributed by atoms with Crippen LogP contribution in [0.15, 0.2) is 146 Å². The second-order valence-corrected chi connectivity index (χ2v) is 13.0. The zero-order valence-corrected chi connectivity index (χ0v) is 26.7. The molecule has 0 aliphatic heterocycles. The van der Waals surface area contributed by atoms with Gasteiger partial charge in [-0.15, -0.1) is 0 Å². The third kappa shape index (κ3) is 5.30. The van der Waals surface area contributed by atoms with Gasteiger partial charge in [-0.25, -0.2) is 0 Å². The molecule has 0 aromatic heterocycles. The average molecular weight is 615 g/mol. The highest BCUT2D eigenvalue weighted by atomic mass is 14.6.